The van der Waals surface area contributed by atoms with Gasteiger partial charge < -0.3 is 9.80 Å². The maximum atomic E-state index is 14.5. The standard InChI is InChI=1S/C19H28F2N4O2/c1-4-6-16(26)25-12-18(11-19(20,21)13-25)7-5-8-24(17(18)27)10-15-9-14(2)22-23(15)3/h9H,4-8,10-13H2,1-3H3/t18-/m1/s1. The van der Waals surface area contributed by atoms with Gasteiger partial charge in [-0.25, -0.2) is 8.78 Å². The molecular weight excluding hydrogens is 354 g/mol. The van der Waals surface area contributed by atoms with E-state index in [-0.39, 0.29) is 24.8 Å². The van der Waals surface area contributed by atoms with E-state index in [1.807, 2.05) is 27.0 Å². The molecule has 0 N–H and O–H groups in total. The Morgan fingerprint density at radius 1 is 1.33 bits per heavy atom. The quantitative estimate of drug-likeness (QED) is 0.804. The summed E-state index contributed by atoms with van der Waals surface area (Å²) in [6, 6.07) is 1.90. The summed E-state index contributed by atoms with van der Waals surface area (Å²) in [6.45, 7) is 4.13. The van der Waals surface area contributed by atoms with Crippen molar-refractivity contribution in [2.45, 2.75) is 58.4 Å². The summed E-state index contributed by atoms with van der Waals surface area (Å²) in [5.74, 6) is -3.59. The number of carbonyl (C=O) groups excluding carboxylic acids is 2. The van der Waals surface area contributed by atoms with Crippen molar-refractivity contribution in [3.8, 4) is 0 Å². The van der Waals surface area contributed by atoms with E-state index >= 15 is 0 Å². The van der Waals surface area contributed by atoms with Gasteiger partial charge in [-0.2, -0.15) is 5.10 Å². The van der Waals surface area contributed by atoms with Crippen LogP contribution in [0.15, 0.2) is 6.07 Å². The average molecular weight is 382 g/mol. The van der Waals surface area contributed by atoms with E-state index in [1.165, 1.54) is 4.90 Å². The third-order valence-electron chi connectivity index (χ3n) is 5.61. The van der Waals surface area contributed by atoms with Gasteiger partial charge in [0.2, 0.25) is 11.8 Å². The molecule has 0 aromatic carbocycles. The first kappa shape index (κ1) is 19.8. The molecule has 6 nitrogen and oxygen atoms in total. The minimum atomic E-state index is -3.04. The van der Waals surface area contributed by atoms with Gasteiger partial charge in [-0.05, 0) is 32.3 Å². The third kappa shape index (κ3) is 3.99. The largest absolute Gasteiger partial charge is 0.336 e. The smallest absolute Gasteiger partial charge is 0.266 e. The summed E-state index contributed by atoms with van der Waals surface area (Å²) >= 11 is 0. The summed E-state index contributed by atoms with van der Waals surface area (Å²) in [4.78, 5) is 28.4. The summed E-state index contributed by atoms with van der Waals surface area (Å²) in [7, 11) is 1.81. The second kappa shape index (κ2) is 7.20. The average Bonchev–Trinajstić information content (AvgIpc) is 2.88. The van der Waals surface area contributed by atoms with Gasteiger partial charge in [0.1, 0.15) is 0 Å². The zero-order chi connectivity index (χ0) is 19.8. The van der Waals surface area contributed by atoms with Gasteiger partial charge in [0.05, 0.1) is 29.9 Å². The van der Waals surface area contributed by atoms with Crippen molar-refractivity contribution in [2.24, 2.45) is 12.5 Å². The molecule has 1 atom stereocenters. The number of piperidine rings is 2. The lowest BCUT2D eigenvalue weighted by atomic mass is 9.71. The second-order valence-corrected chi connectivity index (χ2v) is 8.04. The Balaban J connectivity index is 1.83. The van der Waals surface area contributed by atoms with Crippen molar-refractivity contribution < 1.29 is 18.4 Å². The number of aryl methyl sites for hydroxylation is 2. The molecule has 0 bridgehead atoms. The zero-order valence-electron chi connectivity index (χ0n) is 16.3. The van der Waals surface area contributed by atoms with E-state index in [0.29, 0.717) is 32.4 Å². The third-order valence-corrected chi connectivity index (χ3v) is 5.61. The molecule has 1 spiro atoms. The molecule has 150 valence electrons. The van der Waals surface area contributed by atoms with Crippen molar-refractivity contribution in [2.75, 3.05) is 19.6 Å². The van der Waals surface area contributed by atoms with Gasteiger partial charge in [0, 0.05) is 33.0 Å². The molecule has 2 saturated heterocycles. The maximum Gasteiger partial charge on any atom is 0.266 e. The number of amides is 2. The molecule has 1 aromatic rings. The number of alkyl halides is 2. The highest BCUT2D eigenvalue weighted by Gasteiger charge is 2.55. The molecule has 3 rings (SSSR count). The van der Waals surface area contributed by atoms with Crippen LogP contribution >= 0.6 is 0 Å². The lowest BCUT2D eigenvalue weighted by Crippen LogP contribution is -2.61. The van der Waals surface area contributed by atoms with Crippen LogP contribution in [-0.2, 0) is 23.2 Å². The Morgan fingerprint density at radius 3 is 2.70 bits per heavy atom. The van der Waals surface area contributed by atoms with E-state index in [4.69, 9.17) is 0 Å². The van der Waals surface area contributed by atoms with Gasteiger partial charge in [-0.3, -0.25) is 14.3 Å². The molecule has 27 heavy (non-hydrogen) atoms. The molecule has 2 fully saturated rings. The summed E-state index contributed by atoms with van der Waals surface area (Å²) in [6.07, 6.45) is 1.43. The van der Waals surface area contributed by atoms with Crippen LogP contribution < -0.4 is 0 Å². The summed E-state index contributed by atoms with van der Waals surface area (Å²) in [5, 5.41) is 4.29. The number of hydrogen-bond donors (Lipinski definition) is 0. The highest BCUT2D eigenvalue weighted by Crippen LogP contribution is 2.45. The molecule has 0 radical (unpaired) electrons. The van der Waals surface area contributed by atoms with Crippen molar-refractivity contribution in [1.29, 1.82) is 0 Å². The maximum absolute atomic E-state index is 14.5. The highest BCUT2D eigenvalue weighted by molar-refractivity contribution is 5.85. The van der Waals surface area contributed by atoms with E-state index in [0.717, 1.165) is 11.4 Å². The molecule has 0 aliphatic carbocycles. The van der Waals surface area contributed by atoms with Crippen LogP contribution in [0.25, 0.3) is 0 Å². The first-order chi connectivity index (χ1) is 12.7. The van der Waals surface area contributed by atoms with Crippen LogP contribution in [0.5, 0.6) is 0 Å². The van der Waals surface area contributed by atoms with Gasteiger partial charge in [0.15, 0.2) is 0 Å². The number of carbonyl (C=O) groups is 2. The molecule has 2 aliphatic rings. The predicted molar refractivity (Wildman–Crippen MR) is 96.1 cm³/mol. The number of likely N-dealkylation sites (tertiary alicyclic amines) is 2. The monoisotopic (exact) mass is 382 g/mol. The van der Waals surface area contributed by atoms with Crippen molar-refractivity contribution in [3.63, 3.8) is 0 Å². The number of nitrogens with zero attached hydrogens (tertiary/aromatic N) is 4. The zero-order valence-corrected chi connectivity index (χ0v) is 16.3. The number of aromatic nitrogens is 2. The van der Waals surface area contributed by atoms with Crippen molar-refractivity contribution in [3.05, 3.63) is 17.5 Å². The minimum Gasteiger partial charge on any atom is -0.336 e. The molecule has 2 amide bonds. The Morgan fingerprint density at radius 2 is 2.07 bits per heavy atom. The van der Waals surface area contributed by atoms with Crippen molar-refractivity contribution in [1.82, 2.24) is 19.6 Å². The van der Waals surface area contributed by atoms with Crippen molar-refractivity contribution >= 4 is 11.8 Å². The number of hydrogen-bond acceptors (Lipinski definition) is 3. The summed E-state index contributed by atoms with van der Waals surface area (Å²) < 4.78 is 30.7. The van der Waals surface area contributed by atoms with Crippen LogP contribution in [0.4, 0.5) is 8.78 Å². The number of rotatable bonds is 4. The van der Waals surface area contributed by atoms with Gasteiger partial charge >= 0.3 is 0 Å². The van der Waals surface area contributed by atoms with Crippen LogP contribution in [0.2, 0.25) is 0 Å². The normalized spacial score (nSPS) is 25.3. The Labute approximate surface area is 158 Å². The minimum absolute atomic E-state index is 0.0984. The SMILES string of the molecule is CCCC(=O)N1CC(F)(F)C[C@]2(CCCN(Cc3cc(C)nn3C)C2=O)C1. The lowest BCUT2D eigenvalue weighted by Gasteiger charge is -2.49. The molecule has 8 heteroatoms. The number of halogens is 2. The van der Waals surface area contributed by atoms with Crippen LogP contribution in [0, 0.1) is 12.3 Å². The predicted octanol–water partition coefficient (Wildman–Crippen LogP) is 2.51. The Hall–Kier alpha value is -1.99. The van der Waals surface area contributed by atoms with Gasteiger partial charge in [0.25, 0.3) is 5.92 Å². The lowest BCUT2D eigenvalue weighted by molar-refractivity contribution is -0.175. The Bertz CT molecular complexity index is 733. The van der Waals surface area contributed by atoms with E-state index in [1.54, 1.807) is 9.58 Å². The topological polar surface area (TPSA) is 58.4 Å². The molecule has 3 heterocycles. The van der Waals surface area contributed by atoms with Gasteiger partial charge in [-0.1, -0.05) is 6.92 Å². The van der Waals surface area contributed by atoms with E-state index < -0.39 is 24.3 Å². The molecule has 2 aliphatic heterocycles. The molecular formula is C19H28F2N4O2. The highest BCUT2D eigenvalue weighted by atomic mass is 19.3. The second-order valence-electron chi connectivity index (χ2n) is 8.04. The van der Waals surface area contributed by atoms with Crippen LogP contribution in [0.1, 0.15) is 50.4 Å². The Kier molecular flexibility index (Phi) is 5.27. The fraction of sp³-hybridized carbons (Fsp3) is 0.737. The summed E-state index contributed by atoms with van der Waals surface area (Å²) in [5.41, 5.74) is 0.545. The van der Waals surface area contributed by atoms with Gasteiger partial charge in [-0.15, -0.1) is 0 Å². The first-order valence-corrected chi connectivity index (χ1v) is 9.60. The van der Waals surface area contributed by atoms with Crippen LogP contribution in [-0.4, -0.2) is 57.0 Å². The first-order valence-electron chi connectivity index (χ1n) is 9.60. The molecule has 0 saturated carbocycles. The van der Waals surface area contributed by atoms with Crippen LogP contribution in [0.3, 0.4) is 0 Å². The van der Waals surface area contributed by atoms with E-state index in [9.17, 15) is 18.4 Å². The fourth-order valence-corrected chi connectivity index (χ4v) is 4.48. The van der Waals surface area contributed by atoms with E-state index in [2.05, 4.69) is 5.10 Å². The fourth-order valence-electron chi connectivity index (χ4n) is 4.48. The molecule has 1 aromatic heterocycles. The molecule has 0 unspecified atom stereocenters.